The monoisotopic (exact) mass is 300 g/mol. The molecule has 106 valence electrons. The van der Waals surface area contributed by atoms with E-state index in [2.05, 4.69) is 12.2 Å². The molecule has 0 bridgehead atoms. The maximum absolute atomic E-state index is 11.6. The molecule has 3 rings (SSSR count). The van der Waals surface area contributed by atoms with Gasteiger partial charge in [-0.2, -0.15) is 0 Å². The van der Waals surface area contributed by atoms with E-state index in [1.165, 1.54) is 23.4 Å². The van der Waals surface area contributed by atoms with Crippen LogP contribution in [0.15, 0.2) is 0 Å². The molecule has 2 fully saturated rings. The molecule has 1 aromatic heterocycles. The number of sulfone groups is 1. The van der Waals surface area contributed by atoms with Crippen LogP contribution in [0.3, 0.4) is 0 Å². The first-order valence-electron chi connectivity index (χ1n) is 6.99. The zero-order chi connectivity index (χ0) is 13.5. The SMILES string of the molecule is CCNCc1sc(C2CCS(=O)(=O)C2)nc1C1CC1. The molecule has 0 aromatic carbocycles. The van der Waals surface area contributed by atoms with Crippen molar-refractivity contribution >= 4 is 21.2 Å². The van der Waals surface area contributed by atoms with Crippen molar-refractivity contribution in [3.8, 4) is 0 Å². The summed E-state index contributed by atoms with van der Waals surface area (Å²) in [5.74, 6) is 1.41. The van der Waals surface area contributed by atoms with Gasteiger partial charge in [-0.05, 0) is 25.8 Å². The van der Waals surface area contributed by atoms with Crippen LogP contribution >= 0.6 is 11.3 Å². The topological polar surface area (TPSA) is 59.1 Å². The lowest BCUT2D eigenvalue weighted by Crippen LogP contribution is -2.11. The largest absolute Gasteiger partial charge is 0.312 e. The van der Waals surface area contributed by atoms with Gasteiger partial charge in [0.15, 0.2) is 9.84 Å². The zero-order valence-electron chi connectivity index (χ0n) is 11.2. The van der Waals surface area contributed by atoms with Gasteiger partial charge in [0.1, 0.15) is 0 Å². The fraction of sp³-hybridized carbons (Fsp3) is 0.769. The van der Waals surface area contributed by atoms with Gasteiger partial charge in [-0.1, -0.05) is 6.92 Å². The predicted molar refractivity (Wildman–Crippen MR) is 77.5 cm³/mol. The zero-order valence-corrected chi connectivity index (χ0v) is 12.8. The van der Waals surface area contributed by atoms with Gasteiger partial charge in [0.2, 0.25) is 0 Å². The molecule has 2 heterocycles. The van der Waals surface area contributed by atoms with E-state index in [4.69, 9.17) is 4.98 Å². The minimum atomic E-state index is -2.82. The van der Waals surface area contributed by atoms with E-state index < -0.39 is 9.84 Å². The van der Waals surface area contributed by atoms with Crippen molar-refractivity contribution in [3.05, 3.63) is 15.6 Å². The molecule has 1 aliphatic carbocycles. The number of nitrogens with zero attached hydrogens (tertiary/aromatic N) is 1. The molecular weight excluding hydrogens is 280 g/mol. The molecule has 1 saturated carbocycles. The van der Waals surface area contributed by atoms with Crippen LogP contribution in [0.25, 0.3) is 0 Å². The third-order valence-corrected chi connectivity index (χ3v) is 6.83. The van der Waals surface area contributed by atoms with E-state index >= 15 is 0 Å². The molecule has 6 heteroatoms. The Kier molecular flexibility index (Phi) is 3.66. The minimum absolute atomic E-state index is 0.142. The van der Waals surface area contributed by atoms with Crippen LogP contribution < -0.4 is 5.32 Å². The minimum Gasteiger partial charge on any atom is -0.312 e. The van der Waals surface area contributed by atoms with Crippen molar-refractivity contribution in [1.82, 2.24) is 10.3 Å². The predicted octanol–water partition coefficient (Wildman–Crippen LogP) is 2.03. The highest BCUT2D eigenvalue weighted by atomic mass is 32.2. The maximum Gasteiger partial charge on any atom is 0.151 e. The summed E-state index contributed by atoms with van der Waals surface area (Å²) in [6.07, 6.45) is 3.23. The second-order valence-corrected chi connectivity index (χ2v) is 8.86. The van der Waals surface area contributed by atoms with Crippen LogP contribution in [0, 0.1) is 0 Å². The highest BCUT2D eigenvalue weighted by Gasteiger charge is 2.34. The van der Waals surface area contributed by atoms with Gasteiger partial charge in [0.25, 0.3) is 0 Å². The first-order chi connectivity index (χ1) is 9.09. The normalized spacial score (nSPS) is 25.8. The van der Waals surface area contributed by atoms with Crippen LogP contribution in [0.2, 0.25) is 0 Å². The summed E-state index contributed by atoms with van der Waals surface area (Å²) in [6, 6.07) is 0. The highest BCUT2D eigenvalue weighted by Crippen LogP contribution is 2.44. The average molecular weight is 300 g/mol. The van der Waals surface area contributed by atoms with E-state index in [-0.39, 0.29) is 5.92 Å². The third kappa shape index (κ3) is 3.01. The quantitative estimate of drug-likeness (QED) is 0.904. The maximum atomic E-state index is 11.6. The Labute approximate surface area is 118 Å². The Balaban J connectivity index is 1.82. The van der Waals surface area contributed by atoms with Crippen molar-refractivity contribution in [3.63, 3.8) is 0 Å². The summed E-state index contributed by atoms with van der Waals surface area (Å²) < 4.78 is 23.2. The van der Waals surface area contributed by atoms with Crippen LogP contribution in [-0.4, -0.2) is 31.5 Å². The van der Waals surface area contributed by atoms with Crippen molar-refractivity contribution in [2.24, 2.45) is 0 Å². The Morgan fingerprint density at radius 2 is 2.11 bits per heavy atom. The first kappa shape index (κ1) is 13.5. The molecule has 1 atom stereocenters. The van der Waals surface area contributed by atoms with Gasteiger partial charge in [-0.15, -0.1) is 11.3 Å². The average Bonchev–Trinajstić information content (AvgIpc) is 3.02. The van der Waals surface area contributed by atoms with Crippen LogP contribution in [0.5, 0.6) is 0 Å². The summed E-state index contributed by atoms with van der Waals surface area (Å²) in [5.41, 5.74) is 1.24. The number of thiazole rings is 1. The summed E-state index contributed by atoms with van der Waals surface area (Å²) in [5, 5.41) is 4.41. The number of rotatable bonds is 5. The van der Waals surface area contributed by atoms with Crippen molar-refractivity contribution in [2.75, 3.05) is 18.1 Å². The number of hydrogen-bond acceptors (Lipinski definition) is 5. The lowest BCUT2D eigenvalue weighted by atomic mass is 10.1. The first-order valence-corrected chi connectivity index (χ1v) is 9.63. The van der Waals surface area contributed by atoms with E-state index in [0.29, 0.717) is 17.4 Å². The second-order valence-electron chi connectivity index (χ2n) is 5.52. The lowest BCUT2D eigenvalue weighted by Gasteiger charge is -2.01. The van der Waals surface area contributed by atoms with Gasteiger partial charge in [-0.25, -0.2) is 13.4 Å². The van der Waals surface area contributed by atoms with Crippen molar-refractivity contribution in [1.29, 1.82) is 0 Å². The summed E-state index contributed by atoms with van der Waals surface area (Å²) in [6.45, 7) is 3.93. The molecule has 19 heavy (non-hydrogen) atoms. The van der Waals surface area contributed by atoms with Crippen LogP contribution in [0.4, 0.5) is 0 Å². The van der Waals surface area contributed by atoms with Gasteiger partial charge >= 0.3 is 0 Å². The Hall–Kier alpha value is -0.460. The van der Waals surface area contributed by atoms with Gasteiger partial charge < -0.3 is 5.32 Å². The number of hydrogen-bond donors (Lipinski definition) is 1. The van der Waals surface area contributed by atoms with Crippen molar-refractivity contribution in [2.45, 2.75) is 44.6 Å². The van der Waals surface area contributed by atoms with E-state index in [1.54, 1.807) is 11.3 Å². The van der Waals surface area contributed by atoms with E-state index in [0.717, 1.165) is 24.5 Å². The standard InChI is InChI=1S/C13H20N2O2S2/c1-2-14-7-11-12(9-3-4-9)15-13(18-11)10-5-6-19(16,17)8-10/h9-10,14H,2-8H2,1H3. The Morgan fingerprint density at radius 1 is 1.32 bits per heavy atom. The molecule has 2 aliphatic rings. The fourth-order valence-electron chi connectivity index (χ4n) is 2.59. The number of aromatic nitrogens is 1. The van der Waals surface area contributed by atoms with Crippen LogP contribution in [-0.2, 0) is 16.4 Å². The van der Waals surface area contributed by atoms with Crippen LogP contribution in [0.1, 0.15) is 53.6 Å². The number of nitrogens with one attached hydrogen (secondary N) is 1. The highest BCUT2D eigenvalue weighted by molar-refractivity contribution is 7.91. The molecule has 0 radical (unpaired) electrons. The molecule has 0 spiro atoms. The third-order valence-electron chi connectivity index (χ3n) is 3.83. The van der Waals surface area contributed by atoms with Crippen molar-refractivity contribution < 1.29 is 8.42 Å². The van der Waals surface area contributed by atoms with Gasteiger partial charge in [-0.3, -0.25) is 0 Å². The smallest absolute Gasteiger partial charge is 0.151 e. The summed E-state index contributed by atoms with van der Waals surface area (Å²) >= 11 is 1.73. The lowest BCUT2D eigenvalue weighted by molar-refractivity contribution is 0.601. The fourth-order valence-corrected chi connectivity index (χ4v) is 5.70. The molecule has 1 unspecified atom stereocenters. The molecular formula is C13H20N2O2S2. The van der Waals surface area contributed by atoms with Gasteiger partial charge in [0.05, 0.1) is 22.2 Å². The Bertz CT molecular complexity index is 561. The molecule has 1 aliphatic heterocycles. The van der Waals surface area contributed by atoms with Gasteiger partial charge in [0, 0.05) is 23.3 Å². The summed E-state index contributed by atoms with van der Waals surface area (Å²) in [4.78, 5) is 6.11. The summed E-state index contributed by atoms with van der Waals surface area (Å²) in [7, 11) is -2.82. The second kappa shape index (κ2) is 5.14. The van der Waals surface area contributed by atoms with E-state index in [1.807, 2.05) is 0 Å². The molecule has 4 nitrogen and oxygen atoms in total. The molecule has 0 amide bonds. The molecule has 1 aromatic rings. The molecule has 1 saturated heterocycles. The Morgan fingerprint density at radius 3 is 2.68 bits per heavy atom. The van der Waals surface area contributed by atoms with E-state index in [9.17, 15) is 8.42 Å². The molecule has 1 N–H and O–H groups in total.